The largest absolute Gasteiger partial charge is 0.397 e. The fraction of sp³-hybridized carbons (Fsp3) is 0.312. The van der Waals surface area contributed by atoms with Crippen LogP contribution in [0, 0.1) is 0 Å². The van der Waals surface area contributed by atoms with Crippen molar-refractivity contribution in [2.45, 2.75) is 19.3 Å². The van der Waals surface area contributed by atoms with Crippen molar-refractivity contribution in [3.63, 3.8) is 0 Å². The third kappa shape index (κ3) is 2.56. The van der Waals surface area contributed by atoms with E-state index in [9.17, 15) is 4.79 Å². The first kappa shape index (κ1) is 13.2. The number of carbonyl (C=O) groups is 1. The van der Waals surface area contributed by atoms with Gasteiger partial charge in [-0.05, 0) is 48.9 Å². The van der Waals surface area contributed by atoms with Crippen molar-refractivity contribution in [2.75, 3.05) is 23.7 Å². The van der Waals surface area contributed by atoms with E-state index >= 15 is 0 Å². The molecule has 1 aromatic carbocycles. The molecule has 1 saturated heterocycles. The quantitative estimate of drug-likeness (QED) is 0.693. The van der Waals surface area contributed by atoms with Crippen molar-refractivity contribution < 1.29 is 4.79 Å². The maximum absolute atomic E-state index is 12.3. The predicted octanol–water partition coefficient (Wildman–Crippen LogP) is 3.55. The van der Waals surface area contributed by atoms with Crippen molar-refractivity contribution in [2.24, 2.45) is 0 Å². The van der Waals surface area contributed by atoms with Gasteiger partial charge in [-0.15, -0.1) is 11.3 Å². The summed E-state index contributed by atoms with van der Waals surface area (Å²) in [6.45, 7) is 2.12. The van der Waals surface area contributed by atoms with Gasteiger partial charge in [-0.3, -0.25) is 4.79 Å². The molecular weight excluding hydrogens is 268 g/mol. The summed E-state index contributed by atoms with van der Waals surface area (Å²) in [5.41, 5.74) is 8.59. The van der Waals surface area contributed by atoms with Crippen LogP contribution in [0.4, 0.5) is 11.4 Å². The van der Waals surface area contributed by atoms with E-state index in [1.54, 1.807) is 0 Å². The first-order valence-electron chi connectivity index (χ1n) is 6.98. The molecule has 0 radical (unpaired) electrons. The Balaban J connectivity index is 1.85. The van der Waals surface area contributed by atoms with E-state index < -0.39 is 0 Å². The molecule has 0 atom stereocenters. The zero-order valence-corrected chi connectivity index (χ0v) is 12.2. The van der Waals surface area contributed by atoms with Crippen LogP contribution in [0.2, 0.25) is 0 Å². The van der Waals surface area contributed by atoms with Crippen molar-refractivity contribution in [1.29, 1.82) is 0 Å². The fourth-order valence-electron chi connectivity index (χ4n) is 2.67. The van der Waals surface area contributed by atoms with E-state index in [-0.39, 0.29) is 5.78 Å². The molecule has 2 aromatic rings. The number of nitrogens with two attached hydrogens (primary N) is 1. The molecule has 3 rings (SSSR count). The van der Waals surface area contributed by atoms with Gasteiger partial charge in [-0.1, -0.05) is 6.07 Å². The fourth-order valence-corrected chi connectivity index (χ4v) is 3.35. The number of anilines is 2. The summed E-state index contributed by atoms with van der Waals surface area (Å²) >= 11 is 1.46. The van der Waals surface area contributed by atoms with Crippen LogP contribution in [0.15, 0.2) is 35.7 Å². The number of carbonyl (C=O) groups excluding carboxylic acids is 1. The van der Waals surface area contributed by atoms with Crippen LogP contribution in [-0.4, -0.2) is 18.9 Å². The van der Waals surface area contributed by atoms with Crippen LogP contribution in [-0.2, 0) is 0 Å². The summed E-state index contributed by atoms with van der Waals surface area (Å²) in [5.74, 6) is 0.0527. The molecule has 0 saturated carbocycles. The maximum atomic E-state index is 12.3. The number of nitrogen functional groups attached to an aromatic ring is 1. The summed E-state index contributed by atoms with van der Waals surface area (Å²) in [7, 11) is 0. The molecule has 20 heavy (non-hydrogen) atoms. The minimum absolute atomic E-state index is 0.0527. The van der Waals surface area contributed by atoms with Crippen LogP contribution in [0.5, 0.6) is 0 Å². The van der Waals surface area contributed by atoms with E-state index in [1.807, 2.05) is 35.7 Å². The van der Waals surface area contributed by atoms with Gasteiger partial charge in [0, 0.05) is 18.7 Å². The highest BCUT2D eigenvalue weighted by atomic mass is 32.1. The van der Waals surface area contributed by atoms with Gasteiger partial charge < -0.3 is 10.6 Å². The zero-order chi connectivity index (χ0) is 13.9. The van der Waals surface area contributed by atoms with E-state index in [2.05, 4.69) is 4.90 Å². The molecule has 4 heteroatoms. The number of hydrogen-bond donors (Lipinski definition) is 1. The minimum Gasteiger partial charge on any atom is -0.397 e. The van der Waals surface area contributed by atoms with E-state index in [1.165, 1.54) is 30.6 Å². The van der Waals surface area contributed by atoms with Crippen LogP contribution in [0.3, 0.4) is 0 Å². The molecule has 1 aliphatic rings. The molecule has 0 aliphatic carbocycles. The van der Waals surface area contributed by atoms with Crippen molar-refractivity contribution >= 4 is 28.5 Å². The first-order chi connectivity index (χ1) is 9.75. The number of nitrogens with zero attached hydrogens (tertiary/aromatic N) is 1. The van der Waals surface area contributed by atoms with Gasteiger partial charge in [0.1, 0.15) is 0 Å². The topological polar surface area (TPSA) is 46.3 Å². The molecule has 1 aromatic heterocycles. The molecule has 1 fully saturated rings. The number of piperidine rings is 1. The lowest BCUT2D eigenvalue weighted by Gasteiger charge is -2.30. The molecule has 0 unspecified atom stereocenters. The van der Waals surface area contributed by atoms with Crippen molar-refractivity contribution in [1.82, 2.24) is 0 Å². The molecule has 0 bridgehead atoms. The predicted molar refractivity (Wildman–Crippen MR) is 84.7 cm³/mol. The number of benzene rings is 1. The zero-order valence-electron chi connectivity index (χ0n) is 11.3. The summed E-state index contributed by atoms with van der Waals surface area (Å²) in [4.78, 5) is 15.4. The second-order valence-corrected chi connectivity index (χ2v) is 6.08. The van der Waals surface area contributed by atoms with Gasteiger partial charge in [0.2, 0.25) is 5.78 Å². The molecular formula is C16H18N2OS. The van der Waals surface area contributed by atoms with Crippen LogP contribution in [0.25, 0.3) is 0 Å². The highest BCUT2D eigenvalue weighted by Gasteiger charge is 2.16. The molecule has 3 nitrogen and oxygen atoms in total. The summed E-state index contributed by atoms with van der Waals surface area (Å²) in [6, 6.07) is 9.43. The molecule has 0 amide bonds. The summed E-state index contributed by atoms with van der Waals surface area (Å²) in [6.07, 6.45) is 3.73. The number of hydrogen-bond acceptors (Lipinski definition) is 4. The molecule has 0 spiro atoms. The van der Waals surface area contributed by atoms with Gasteiger partial charge in [-0.2, -0.15) is 0 Å². The van der Waals surface area contributed by atoms with E-state index in [4.69, 9.17) is 5.73 Å². The average Bonchev–Trinajstić information content (AvgIpc) is 3.01. The summed E-state index contributed by atoms with van der Waals surface area (Å²) in [5, 5.41) is 1.92. The minimum atomic E-state index is 0.0527. The Hall–Kier alpha value is -1.81. The molecule has 104 valence electrons. The van der Waals surface area contributed by atoms with Crippen molar-refractivity contribution in [3.8, 4) is 0 Å². The standard InChI is InChI=1S/C16H18N2OS/c17-13-11-12(16(19)15-5-4-10-20-15)6-7-14(13)18-8-2-1-3-9-18/h4-7,10-11H,1-3,8-9,17H2. The molecule has 2 N–H and O–H groups in total. The average molecular weight is 286 g/mol. The third-order valence-corrected chi connectivity index (χ3v) is 4.60. The van der Waals surface area contributed by atoms with Gasteiger partial charge in [0.25, 0.3) is 0 Å². The van der Waals surface area contributed by atoms with Gasteiger partial charge in [-0.25, -0.2) is 0 Å². The van der Waals surface area contributed by atoms with Crippen LogP contribution < -0.4 is 10.6 Å². The van der Waals surface area contributed by atoms with Crippen LogP contribution >= 0.6 is 11.3 Å². The number of ketones is 1. The number of thiophene rings is 1. The van der Waals surface area contributed by atoms with Gasteiger partial charge in [0.15, 0.2) is 0 Å². The SMILES string of the molecule is Nc1cc(C(=O)c2cccs2)ccc1N1CCCCC1. The second kappa shape index (κ2) is 5.67. The highest BCUT2D eigenvalue weighted by molar-refractivity contribution is 7.12. The Morgan fingerprint density at radius 3 is 2.60 bits per heavy atom. The van der Waals surface area contributed by atoms with Crippen LogP contribution in [0.1, 0.15) is 34.5 Å². The normalized spacial score (nSPS) is 15.3. The monoisotopic (exact) mass is 286 g/mol. The lowest BCUT2D eigenvalue weighted by Crippen LogP contribution is -2.30. The van der Waals surface area contributed by atoms with Gasteiger partial charge >= 0.3 is 0 Å². The Morgan fingerprint density at radius 2 is 1.95 bits per heavy atom. The Kier molecular flexibility index (Phi) is 3.74. The van der Waals surface area contributed by atoms with E-state index in [0.717, 1.165) is 23.7 Å². The first-order valence-corrected chi connectivity index (χ1v) is 7.86. The van der Waals surface area contributed by atoms with Crippen molar-refractivity contribution in [3.05, 3.63) is 46.2 Å². The Labute approximate surface area is 123 Å². The lowest BCUT2D eigenvalue weighted by molar-refractivity contribution is 0.104. The molecule has 1 aliphatic heterocycles. The van der Waals surface area contributed by atoms with E-state index in [0.29, 0.717) is 11.3 Å². The summed E-state index contributed by atoms with van der Waals surface area (Å²) < 4.78 is 0. The Bertz CT molecular complexity index is 601. The smallest absolute Gasteiger partial charge is 0.203 e. The number of rotatable bonds is 3. The second-order valence-electron chi connectivity index (χ2n) is 5.13. The molecule has 2 heterocycles. The third-order valence-electron chi connectivity index (χ3n) is 3.73. The van der Waals surface area contributed by atoms with Gasteiger partial charge in [0.05, 0.1) is 16.3 Å². The highest BCUT2D eigenvalue weighted by Crippen LogP contribution is 2.28. The lowest BCUT2D eigenvalue weighted by atomic mass is 10.1. The Morgan fingerprint density at radius 1 is 1.15 bits per heavy atom. The maximum Gasteiger partial charge on any atom is 0.203 e.